The van der Waals surface area contributed by atoms with E-state index < -0.39 is 11.7 Å². The molecule has 0 saturated carbocycles. The van der Waals surface area contributed by atoms with Crippen molar-refractivity contribution in [3.05, 3.63) is 64.4 Å². The van der Waals surface area contributed by atoms with Gasteiger partial charge in [0.15, 0.2) is 5.82 Å². The van der Waals surface area contributed by atoms with Crippen molar-refractivity contribution in [1.29, 1.82) is 0 Å². The summed E-state index contributed by atoms with van der Waals surface area (Å²) in [5.74, 6) is 0.481. The molecular formula is C16H10ClF3N4O2. The Kier molecular flexibility index (Phi) is 4.90. The molecule has 0 bridgehead atoms. The van der Waals surface area contributed by atoms with Gasteiger partial charge in [-0.15, -0.1) is 5.10 Å². The van der Waals surface area contributed by atoms with Crippen molar-refractivity contribution in [3.63, 3.8) is 0 Å². The normalized spacial score (nSPS) is 11.4. The number of halogens is 4. The van der Waals surface area contributed by atoms with Gasteiger partial charge < -0.3 is 4.74 Å². The molecule has 0 N–H and O–H groups in total. The summed E-state index contributed by atoms with van der Waals surface area (Å²) < 4.78 is 46.2. The largest absolute Gasteiger partial charge is 0.486 e. The maximum absolute atomic E-state index is 13.3. The Bertz CT molecular complexity index is 926. The van der Waals surface area contributed by atoms with Crippen LogP contribution in [0.1, 0.15) is 21.7 Å². The number of ether oxygens (including phenoxy) is 1. The van der Waals surface area contributed by atoms with E-state index in [0.29, 0.717) is 17.6 Å². The second kappa shape index (κ2) is 7.12. The molecule has 3 rings (SSSR count). The van der Waals surface area contributed by atoms with Crippen LogP contribution >= 0.6 is 11.6 Å². The molecule has 0 spiro atoms. The van der Waals surface area contributed by atoms with E-state index in [-0.39, 0.29) is 23.1 Å². The van der Waals surface area contributed by atoms with Crippen LogP contribution in [0, 0.1) is 0 Å². The molecule has 26 heavy (non-hydrogen) atoms. The summed E-state index contributed by atoms with van der Waals surface area (Å²) in [7, 11) is 0. The molecular weight excluding hydrogens is 373 g/mol. The average Bonchev–Trinajstić information content (AvgIpc) is 3.08. The molecule has 0 aliphatic heterocycles. The molecule has 10 heteroatoms. The standard InChI is InChI=1S/C16H10ClF3N4O2/c17-11-3-6-14(13(7-11)16(18,19)20)24-15(21-22-23-24)9-26-12-4-1-10(8-25)2-5-12/h1-8H,9H2. The predicted octanol–water partition coefficient (Wildman–Crippen LogP) is 3.73. The highest BCUT2D eigenvalue weighted by molar-refractivity contribution is 6.30. The summed E-state index contributed by atoms with van der Waals surface area (Å²) in [5.41, 5.74) is -0.756. The summed E-state index contributed by atoms with van der Waals surface area (Å²) in [4.78, 5) is 10.6. The molecule has 0 unspecified atom stereocenters. The van der Waals surface area contributed by atoms with Crippen molar-refractivity contribution in [2.24, 2.45) is 0 Å². The number of carbonyl (C=O) groups excluding carboxylic acids is 1. The van der Waals surface area contributed by atoms with Gasteiger partial charge >= 0.3 is 6.18 Å². The Morgan fingerprint density at radius 1 is 1.15 bits per heavy atom. The molecule has 0 amide bonds. The number of carbonyl (C=O) groups is 1. The van der Waals surface area contributed by atoms with Crippen LogP contribution in [0.15, 0.2) is 42.5 Å². The van der Waals surface area contributed by atoms with E-state index in [1.165, 1.54) is 12.1 Å². The third kappa shape index (κ3) is 3.83. The highest BCUT2D eigenvalue weighted by Gasteiger charge is 2.35. The first-order chi connectivity index (χ1) is 12.4. The molecule has 0 saturated heterocycles. The van der Waals surface area contributed by atoms with Crippen LogP contribution < -0.4 is 4.74 Å². The van der Waals surface area contributed by atoms with Crippen molar-refractivity contribution in [2.75, 3.05) is 0 Å². The zero-order valence-electron chi connectivity index (χ0n) is 12.9. The lowest BCUT2D eigenvalue weighted by molar-refractivity contribution is -0.137. The third-order valence-electron chi connectivity index (χ3n) is 3.41. The minimum atomic E-state index is -4.63. The average molecular weight is 383 g/mol. The smallest absolute Gasteiger partial charge is 0.418 e. The third-order valence-corrected chi connectivity index (χ3v) is 3.65. The highest BCUT2D eigenvalue weighted by atomic mass is 35.5. The molecule has 0 aliphatic carbocycles. The van der Waals surface area contributed by atoms with E-state index in [2.05, 4.69) is 15.5 Å². The molecule has 1 aromatic heterocycles. The van der Waals surface area contributed by atoms with Crippen molar-refractivity contribution in [2.45, 2.75) is 12.8 Å². The van der Waals surface area contributed by atoms with E-state index in [0.717, 1.165) is 10.7 Å². The maximum Gasteiger partial charge on any atom is 0.418 e. The van der Waals surface area contributed by atoms with Gasteiger partial charge in [0.25, 0.3) is 0 Å². The zero-order chi connectivity index (χ0) is 18.7. The molecule has 1 heterocycles. The summed E-state index contributed by atoms with van der Waals surface area (Å²) in [6.45, 7) is -0.173. The van der Waals surface area contributed by atoms with Crippen molar-refractivity contribution in [1.82, 2.24) is 20.2 Å². The fraction of sp³-hybridized carbons (Fsp3) is 0.125. The minimum absolute atomic E-state index is 0.0535. The van der Waals surface area contributed by atoms with Gasteiger partial charge in [0.1, 0.15) is 18.6 Å². The number of alkyl halides is 3. The second-order valence-electron chi connectivity index (χ2n) is 5.14. The molecule has 0 fully saturated rings. The SMILES string of the molecule is O=Cc1ccc(OCc2nnnn2-c2ccc(Cl)cc2C(F)(F)F)cc1. The Hall–Kier alpha value is -2.94. The van der Waals surface area contributed by atoms with Crippen LogP contribution in [-0.4, -0.2) is 26.5 Å². The number of aromatic nitrogens is 4. The van der Waals surface area contributed by atoms with E-state index >= 15 is 0 Å². The Balaban J connectivity index is 1.88. The lowest BCUT2D eigenvalue weighted by Gasteiger charge is -2.14. The molecule has 0 radical (unpaired) electrons. The second-order valence-corrected chi connectivity index (χ2v) is 5.58. The zero-order valence-corrected chi connectivity index (χ0v) is 13.7. The predicted molar refractivity (Wildman–Crippen MR) is 85.3 cm³/mol. The lowest BCUT2D eigenvalue weighted by Crippen LogP contribution is -2.14. The van der Waals surface area contributed by atoms with Gasteiger partial charge in [0.2, 0.25) is 0 Å². The molecule has 2 aromatic carbocycles. The monoisotopic (exact) mass is 382 g/mol. The summed E-state index contributed by atoms with van der Waals surface area (Å²) in [6.07, 6.45) is -3.95. The highest BCUT2D eigenvalue weighted by Crippen LogP contribution is 2.35. The number of hydrogen-bond acceptors (Lipinski definition) is 5. The van der Waals surface area contributed by atoms with Gasteiger partial charge in [0.05, 0.1) is 11.3 Å². The van der Waals surface area contributed by atoms with Gasteiger partial charge in [0, 0.05) is 10.6 Å². The molecule has 6 nitrogen and oxygen atoms in total. The first-order valence-electron chi connectivity index (χ1n) is 7.21. The van der Waals surface area contributed by atoms with Gasteiger partial charge in [-0.1, -0.05) is 11.6 Å². The summed E-state index contributed by atoms with van der Waals surface area (Å²) >= 11 is 5.68. The molecule has 0 aliphatic rings. The fourth-order valence-electron chi connectivity index (χ4n) is 2.19. The van der Waals surface area contributed by atoms with Crippen LogP contribution in [0.3, 0.4) is 0 Å². The van der Waals surface area contributed by atoms with E-state index in [1.54, 1.807) is 24.3 Å². The number of aldehydes is 1. The van der Waals surface area contributed by atoms with Crippen LogP contribution in [0.2, 0.25) is 5.02 Å². The van der Waals surface area contributed by atoms with Gasteiger partial charge in [-0.25, -0.2) is 0 Å². The van der Waals surface area contributed by atoms with Crippen molar-refractivity contribution in [3.8, 4) is 11.4 Å². The van der Waals surface area contributed by atoms with Crippen LogP contribution in [-0.2, 0) is 12.8 Å². The Morgan fingerprint density at radius 2 is 1.88 bits per heavy atom. The first kappa shape index (κ1) is 17.9. The Morgan fingerprint density at radius 3 is 2.54 bits per heavy atom. The maximum atomic E-state index is 13.3. The van der Waals surface area contributed by atoms with Gasteiger partial charge in [-0.2, -0.15) is 17.9 Å². The van der Waals surface area contributed by atoms with Gasteiger partial charge in [-0.3, -0.25) is 4.79 Å². The molecule has 3 aromatic rings. The minimum Gasteiger partial charge on any atom is -0.486 e. The fourth-order valence-corrected chi connectivity index (χ4v) is 2.37. The number of hydrogen-bond donors (Lipinski definition) is 0. The van der Waals surface area contributed by atoms with E-state index in [1.807, 2.05) is 0 Å². The topological polar surface area (TPSA) is 69.9 Å². The summed E-state index contributed by atoms with van der Waals surface area (Å²) in [6, 6.07) is 9.52. The van der Waals surface area contributed by atoms with Crippen molar-refractivity contribution >= 4 is 17.9 Å². The van der Waals surface area contributed by atoms with Gasteiger partial charge in [-0.05, 0) is 52.9 Å². The lowest BCUT2D eigenvalue weighted by atomic mass is 10.1. The number of rotatable bonds is 5. The number of tetrazole rings is 1. The Labute approximate surface area is 150 Å². The van der Waals surface area contributed by atoms with Crippen LogP contribution in [0.4, 0.5) is 13.2 Å². The molecule has 134 valence electrons. The summed E-state index contributed by atoms with van der Waals surface area (Å²) in [5, 5.41) is 10.7. The quantitative estimate of drug-likeness (QED) is 0.629. The van der Waals surface area contributed by atoms with E-state index in [4.69, 9.17) is 16.3 Å². The van der Waals surface area contributed by atoms with E-state index in [9.17, 15) is 18.0 Å². The van der Waals surface area contributed by atoms with Crippen molar-refractivity contribution < 1.29 is 22.7 Å². The number of benzene rings is 2. The molecule has 0 atom stereocenters. The number of nitrogens with zero attached hydrogens (tertiary/aromatic N) is 4. The first-order valence-corrected chi connectivity index (χ1v) is 7.58. The van der Waals surface area contributed by atoms with Crippen LogP contribution in [0.25, 0.3) is 5.69 Å². The van der Waals surface area contributed by atoms with Crippen LogP contribution in [0.5, 0.6) is 5.75 Å².